The van der Waals surface area contributed by atoms with Crippen molar-refractivity contribution in [1.29, 1.82) is 0 Å². The Morgan fingerprint density at radius 2 is 2.27 bits per heavy atom. The van der Waals surface area contributed by atoms with E-state index in [0.29, 0.717) is 6.10 Å². The van der Waals surface area contributed by atoms with Crippen LogP contribution in [0.25, 0.3) is 0 Å². The summed E-state index contributed by atoms with van der Waals surface area (Å²) in [5.41, 5.74) is 0.0512. The molecule has 1 aliphatic rings. The second kappa shape index (κ2) is 5.83. The number of piperidine rings is 1. The van der Waals surface area contributed by atoms with Gasteiger partial charge in [-0.05, 0) is 25.8 Å². The van der Waals surface area contributed by atoms with Crippen LogP contribution in [0.3, 0.4) is 0 Å². The Bertz CT molecular complexity index is 180. The number of aliphatic hydroxyl groups excluding tert-OH is 1. The summed E-state index contributed by atoms with van der Waals surface area (Å²) in [5.74, 6) is 0. The molecule has 1 aliphatic heterocycles. The lowest BCUT2D eigenvalue weighted by atomic mass is 9.87. The van der Waals surface area contributed by atoms with E-state index in [1.807, 2.05) is 0 Å². The van der Waals surface area contributed by atoms with Crippen molar-refractivity contribution in [2.24, 2.45) is 5.41 Å². The second-order valence-electron chi connectivity index (χ2n) is 5.06. The first-order valence-corrected chi connectivity index (χ1v) is 5.99. The molecule has 2 unspecified atom stereocenters. The van der Waals surface area contributed by atoms with Crippen LogP contribution in [0.15, 0.2) is 0 Å². The molecule has 1 saturated heterocycles. The number of likely N-dealkylation sites (tertiary alicyclic amines) is 1. The van der Waals surface area contributed by atoms with Gasteiger partial charge in [0.1, 0.15) is 0 Å². The predicted molar refractivity (Wildman–Crippen MR) is 62.0 cm³/mol. The van der Waals surface area contributed by atoms with Crippen molar-refractivity contribution in [2.75, 3.05) is 33.4 Å². The van der Waals surface area contributed by atoms with Crippen LogP contribution in [0, 0.1) is 5.41 Å². The quantitative estimate of drug-likeness (QED) is 0.754. The molecule has 1 N–H and O–H groups in total. The number of methoxy groups -OCH3 is 1. The first-order chi connectivity index (χ1) is 7.13. The summed E-state index contributed by atoms with van der Waals surface area (Å²) in [7, 11) is 1.79. The molecule has 0 aromatic heterocycles. The molecule has 0 radical (unpaired) electrons. The molecule has 3 nitrogen and oxygen atoms in total. The van der Waals surface area contributed by atoms with Crippen LogP contribution >= 0.6 is 0 Å². The summed E-state index contributed by atoms with van der Waals surface area (Å²) < 4.78 is 5.40. The van der Waals surface area contributed by atoms with Crippen LogP contribution < -0.4 is 0 Å². The Kier molecular flexibility index (Phi) is 5.03. The molecule has 3 heteroatoms. The largest absolute Gasteiger partial charge is 0.396 e. The van der Waals surface area contributed by atoms with E-state index < -0.39 is 0 Å². The fourth-order valence-electron chi connectivity index (χ4n) is 2.16. The third-order valence-corrected chi connectivity index (χ3v) is 3.64. The van der Waals surface area contributed by atoms with E-state index in [1.165, 1.54) is 12.8 Å². The minimum atomic E-state index is 0.0512. The summed E-state index contributed by atoms with van der Waals surface area (Å²) in [6.07, 6.45) is 3.80. The van der Waals surface area contributed by atoms with Crippen molar-refractivity contribution in [3.63, 3.8) is 0 Å². The van der Waals surface area contributed by atoms with Gasteiger partial charge in [0.2, 0.25) is 0 Å². The van der Waals surface area contributed by atoms with Gasteiger partial charge in [-0.15, -0.1) is 0 Å². The summed E-state index contributed by atoms with van der Waals surface area (Å²) in [6, 6.07) is 0. The van der Waals surface area contributed by atoms with Gasteiger partial charge in [-0.3, -0.25) is 0 Å². The minimum Gasteiger partial charge on any atom is -0.396 e. The van der Waals surface area contributed by atoms with Crippen molar-refractivity contribution in [3.8, 4) is 0 Å². The minimum absolute atomic E-state index is 0.0512. The number of aliphatic hydroxyl groups is 1. The zero-order chi connectivity index (χ0) is 11.3. The lowest BCUT2D eigenvalue weighted by molar-refractivity contribution is 0.00499. The molecule has 0 saturated carbocycles. The Morgan fingerprint density at radius 3 is 2.80 bits per heavy atom. The van der Waals surface area contributed by atoms with Crippen molar-refractivity contribution >= 4 is 0 Å². The summed E-state index contributed by atoms with van der Waals surface area (Å²) in [4.78, 5) is 2.43. The van der Waals surface area contributed by atoms with Gasteiger partial charge < -0.3 is 14.7 Å². The standard InChI is InChI=1S/C12H25NO2/c1-4-12(2,10-14)9-13-7-5-6-11(8-13)15-3/h11,14H,4-10H2,1-3H3. The van der Waals surface area contributed by atoms with E-state index in [-0.39, 0.29) is 12.0 Å². The van der Waals surface area contributed by atoms with E-state index in [1.54, 1.807) is 7.11 Å². The lowest BCUT2D eigenvalue weighted by Crippen LogP contribution is -2.45. The first-order valence-electron chi connectivity index (χ1n) is 5.99. The molecule has 2 atom stereocenters. The number of hydrogen-bond acceptors (Lipinski definition) is 3. The third kappa shape index (κ3) is 3.74. The monoisotopic (exact) mass is 215 g/mol. The van der Waals surface area contributed by atoms with Crippen LogP contribution in [0.1, 0.15) is 33.1 Å². The highest BCUT2D eigenvalue weighted by Crippen LogP contribution is 2.24. The van der Waals surface area contributed by atoms with Gasteiger partial charge in [0.25, 0.3) is 0 Å². The van der Waals surface area contributed by atoms with E-state index >= 15 is 0 Å². The summed E-state index contributed by atoms with van der Waals surface area (Å²) in [6.45, 7) is 7.73. The van der Waals surface area contributed by atoms with Gasteiger partial charge in [-0.25, -0.2) is 0 Å². The molecular formula is C12H25NO2. The molecule has 1 rings (SSSR count). The normalized spacial score (nSPS) is 27.6. The average Bonchev–Trinajstić information content (AvgIpc) is 2.29. The maximum absolute atomic E-state index is 9.38. The Labute approximate surface area is 93.4 Å². The van der Waals surface area contributed by atoms with E-state index in [0.717, 1.165) is 26.1 Å². The van der Waals surface area contributed by atoms with Crippen molar-refractivity contribution in [3.05, 3.63) is 0 Å². The van der Waals surface area contributed by atoms with E-state index in [9.17, 15) is 5.11 Å². The van der Waals surface area contributed by atoms with E-state index in [4.69, 9.17) is 4.74 Å². The van der Waals surface area contributed by atoms with Crippen LogP contribution in [-0.4, -0.2) is 49.5 Å². The van der Waals surface area contributed by atoms with Crippen LogP contribution in [0.2, 0.25) is 0 Å². The van der Waals surface area contributed by atoms with Gasteiger partial charge in [-0.2, -0.15) is 0 Å². The van der Waals surface area contributed by atoms with Crippen molar-refractivity contribution in [2.45, 2.75) is 39.2 Å². The number of rotatable bonds is 5. The molecule has 0 aromatic carbocycles. The molecule has 1 heterocycles. The SMILES string of the molecule is CCC(C)(CO)CN1CCCC(OC)C1. The molecule has 1 fully saturated rings. The van der Waals surface area contributed by atoms with Crippen LogP contribution in [0.5, 0.6) is 0 Å². The molecule has 0 aromatic rings. The number of hydrogen-bond donors (Lipinski definition) is 1. The molecule has 0 spiro atoms. The average molecular weight is 215 g/mol. The fourth-order valence-corrected chi connectivity index (χ4v) is 2.16. The maximum Gasteiger partial charge on any atom is 0.0698 e. The Morgan fingerprint density at radius 1 is 1.53 bits per heavy atom. The fraction of sp³-hybridized carbons (Fsp3) is 1.00. The molecule has 0 aliphatic carbocycles. The highest BCUT2D eigenvalue weighted by atomic mass is 16.5. The zero-order valence-electron chi connectivity index (χ0n) is 10.3. The Balaban J connectivity index is 2.43. The molecule has 0 bridgehead atoms. The number of ether oxygens (including phenoxy) is 1. The van der Waals surface area contributed by atoms with Gasteiger partial charge in [0, 0.05) is 32.2 Å². The van der Waals surface area contributed by atoms with Gasteiger partial charge in [0.15, 0.2) is 0 Å². The van der Waals surface area contributed by atoms with Crippen molar-refractivity contribution < 1.29 is 9.84 Å². The topological polar surface area (TPSA) is 32.7 Å². The van der Waals surface area contributed by atoms with Crippen LogP contribution in [0.4, 0.5) is 0 Å². The molecular weight excluding hydrogens is 190 g/mol. The van der Waals surface area contributed by atoms with Gasteiger partial charge in [-0.1, -0.05) is 13.8 Å². The smallest absolute Gasteiger partial charge is 0.0698 e. The molecule has 90 valence electrons. The first kappa shape index (κ1) is 12.9. The highest BCUT2D eigenvalue weighted by molar-refractivity contribution is 4.80. The molecule has 15 heavy (non-hydrogen) atoms. The Hall–Kier alpha value is -0.120. The highest BCUT2D eigenvalue weighted by Gasteiger charge is 2.27. The van der Waals surface area contributed by atoms with Crippen LogP contribution in [-0.2, 0) is 4.74 Å². The third-order valence-electron chi connectivity index (χ3n) is 3.64. The van der Waals surface area contributed by atoms with Crippen molar-refractivity contribution in [1.82, 2.24) is 4.90 Å². The maximum atomic E-state index is 9.38. The van der Waals surface area contributed by atoms with Gasteiger partial charge >= 0.3 is 0 Å². The lowest BCUT2D eigenvalue weighted by Gasteiger charge is -2.38. The summed E-state index contributed by atoms with van der Waals surface area (Å²) in [5, 5.41) is 9.38. The van der Waals surface area contributed by atoms with Gasteiger partial charge in [0.05, 0.1) is 6.10 Å². The second-order valence-corrected chi connectivity index (χ2v) is 5.06. The number of nitrogens with zero attached hydrogens (tertiary/aromatic N) is 1. The molecule has 0 amide bonds. The predicted octanol–water partition coefficient (Wildman–Crippen LogP) is 1.51. The zero-order valence-corrected chi connectivity index (χ0v) is 10.3. The van der Waals surface area contributed by atoms with E-state index in [2.05, 4.69) is 18.7 Å². The summed E-state index contributed by atoms with van der Waals surface area (Å²) >= 11 is 0.